The summed E-state index contributed by atoms with van der Waals surface area (Å²) >= 11 is 0. The van der Waals surface area contributed by atoms with E-state index in [-0.39, 0.29) is 0 Å². The van der Waals surface area contributed by atoms with Crippen molar-refractivity contribution >= 4 is 0 Å². The number of methoxy groups -OCH3 is 1. The number of furan rings is 1. The maximum atomic E-state index is 10.7. The average molecular weight is 393 g/mol. The van der Waals surface area contributed by atoms with Gasteiger partial charge in [0, 0.05) is 32.2 Å². The van der Waals surface area contributed by atoms with Gasteiger partial charge in [0.15, 0.2) is 0 Å². The molecule has 0 spiro atoms. The van der Waals surface area contributed by atoms with E-state index in [2.05, 4.69) is 11.0 Å². The van der Waals surface area contributed by atoms with Crippen LogP contribution in [0, 0.1) is 0 Å². The summed E-state index contributed by atoms with van der Waals surface area (Å²) in [6, 6.07) is 20.0. The number of aliphatic hydroxyl groups is 1. The maximum absolute atomic E-state index is 10.7. The van der Waals surface area contributed by atoms with Crippen LogP contribution in [0.15, 0.2) is 65.1 Å². The molecular formula is C24H27NO4. The molecule has 0 saturated heterocycles. The van der Waals surface area contributed by atoms with Crippen LogP contribution in [-0.2, 0) is 30.9 Å². The van der Waals surface area contributed by atoms with Crippen LogP contribution in [0.4, 0.5) is 0 Å². The molecular weight excluding hydrogens is 366 g/mol. The van der Waals surface area contributed by atoms with Crippen LogP contribution < -0.4 is 4.74 Å². The summed E-state index contributed by atoms with van der Waals surface area (Å²) in [7, 11) is 1.66. The van der Waals surface area contributed by atoms with Gasteiger partial charge in [0.05, 0.1) is 12.6 Å². The zero-order valence-corrected chi connectivity index (χ0v) is 16.7. The second-order valence-corrected chi connectivity index (χ2v) is 7.43. The third-order valence-corrected chi connectivity index (χ3v) is 5.18. The van der Waals surface area contributed by atoms with Gasteiger partial charge in [0.25, 0.3) is 0 Å². The smallest absolute Gasteiger partial charge is 0.129 e. The van der Waals surface area contributed by atoms with E-state index in [1.165, 1.54) is 0 Å². The van der Waals surface area contributed by atoms with Crippen LogP contribution >= 0.6 is 0 Å². The van der Waals surface area contributed by atoms with Crippen LogP contribution in [-0.4, -0.2) is 30.3 Å². The second kappa shape index (κ2) is 9.27. The Morgan fingerprint density at radius 3 is 2.72 bits per heavy atom. The first-order valence-electron chi connectivity index (χ1n) is 9.98. The molecule has 0 amide bonds. The van der Waals surface area contributed by atoms with Gasteiger partial charge in [-0.15, -0.1) is 0 Å². The van der Waals surface area contributed by atoms with Gasteiger partial charge in [-0.1, -0.05) is 36.4 Å². The molecule has 4 rings (SSSR count). The molecule has 152 valence electrons. The Bertz CT molecular complexity index is 922. The van der Waals surface area contributed by atoms with Gasteiger partial charge in [-0.3, -0.25) is 4.90 Å². The van der Waals surface area contributed by atoms with Crippen molar-refractivity contribution in [2.75, 3.05) is 20.3 Å². The van der Waals surface area contributed by atoms with Crippen molar-refractivity contribution in [3.05, 3.63) is 88.9 Å². The van der Waals surface area contributed by atoms with Crippen molar-refractivity contribution in [1.29, 1.82) is 0 Å². The first-order chi connectivity index (χ1) is 14.2. The van der Waals surface area contributed by atoms with Gasteiger partial charge in [0.1, 0.15) is 30.5 Å². The standard InChI is InChI=1S/C24H27NO4/c1-27-17-22-9-8-21(29-22)16-25-11-12-28-24-10-7-19(14-20(24)15-25)23(26)13-18-5-3-2-4-6-18/h2-10,14,23,26H,11-13,15-17H2,1H3. The van der Waals surface area contributed by atoms with Crippen molar-refractivity contribution in [2.24, 2.45) is 0 Å². The Hall–Kier alpha value is -2.60. The second-order valence-electron chi connectivity index (χ2n) is 7.43. The zero-order chi connectivity index (χ0) is 20.1. The monoisotopic (exact) mass is 393 g/mol. The average Bonchev–Trinajstić information content (AvgIpc) is 3.06. The van der Waals surface area contributed by atoms with E-state index in [0.29, 0.717) is 26.2 Å². The number of aliphatic hydroxyl groups excluding tert-OH is 1. The quantitative estimate of drug-likeness (QED) is 0.655. The highest BCUT2D eigenvalue weighted by Crippen LogP contribution is 2.29. The largest absolute Gasteiger partial charge is 0.492 e. The summed E-state index contributed by atoms with van der Waals surface area (Å²) in [4.78, 5) is 2.30. The maximum Gasteiger partial charge on any atom is 0.129 e. The van der Waals surface area contributed by atoms with Crippen LogP contribution in [0.25, 0.3) is 0 Å². The summed E-state index contributed by atoms with van der Waals surface area (Å²) in [5.74, 6) is 2.64. The third-order valence-electron chi connectivity index (χ3n) is 5.18. The summed E-state index contributed by atoms with van der Waals surface area (Å²) in [5, 5.41) is 10.7. The minimum Gasteiger partial charge on any atom is -0.492 e. The van der Waals surface area contributed by atoms with Crippen molar-refractivity contribution in [1.82, 2.24) is 4.90 Å². The van der Waals surface area contributed by atoms with Crippen molar-refractivity contribution in [3.63, 3.8) is 0 Å². The van der Waals surface area contributed by atoms with E-state index in [1.807, 2.05) is 54.6 Å². The molecule has 0 fully saturated rings. The number of fused-ring (bicyclic) bond motifs is 1. The highest BCUT2D eigenvalue weighted by atomic mass is 16.5. The van der Waals surface area contributed by atoms with Gasteiger partial charge in [-0.25, -0.2) is 0 Å². The molecule has 3 aromatic rings. The molecule has 2 heterocycles. The summed E-state index contributed by atoms with van der Waals surface area (Å²) in [6.45, 7) is 3.39. The molecule has 5 nitrogen and oxygen atoms in total. The lowest BCUT2D eigenvalue weighted by molar-refractivity contribution is 0.157. The number of rotatable bonds is 7. The van der Waals surface area contributed by atoms with Gasteiger partial charge >= 0.3 is 0 Å². The Labute approximate surface area is 171 Å². The predicted octanol–water partition coefficient (Wildman–Crippen LogP) is 4.10. The molecule has 1 aliphatic rings. The van der Waals surface area contributed by atoms with Crippen LogP contribution in [0.2, 0.25) is 0 Å². The number of hydrogen-bond acceptors (Lipinski definition) is 5. The number of benzene rings is 2. The third kappa shape index (κ3) is 5.07. The first-order valence-corrected chi connectivity index (χ1v) is 9.98. The number of nitrogens with zero attached hydrogens (tertiary/aromatic N) is 1. The van der Waals surface area contributed by atoms with Crippen molar-refractivity contribution < 1.29 is 19.0 Å². The molecule has 0 aliphatic carbocycles. The van der Waals surface area contributed by atoms with E-state index in [1.54, 1.807) is 7.11 Å². The van der Waals surface area contributed by atoms with E-state index < -0.39 is 6.10 Å². The fourth-order valence-electron chi connectivity index (χ4n) is 3.71. The van der Waals surface area contributed by atoms with Crippen LogP contribution in [0.1, 0.15) is 34.3 Å². The number of ether oxygens (including phenoxy) is 2. The Balaban J connectivity index is 1.46. The highest BCUT2D eigenvalue weighted by molar-refractivity contribution is 5.39. The molecule has 5 heteroatoms. The lowest BCUT2D eigenvalue weighted by atomic mass is 9.99. The summed E-state index contributed by atoms with van der Waals surface area (Å²) in [6.07, 6.45) is 0.0554. The van der Waals surface area contributed by atoms with Gasteiger partial charge in [0.2, 0.25) is 0 Å². The fourth-order valence-corrected chi connectivity index (χ4v) is 3.71. The lowest BCUT2D eigenvalue weighted by Gasteiger charge is -2.19. The molecule has 1 atom stereocenters. The Kier molecular flexibility index (Phi) is 6.30. The van der Waals surface area contributed by atoms with Crippen LogP contribution in [0.5, 0.6) is 5.75 Å². The first kappa shape index (κ1) is 19.7. The molecule has 0 saturated carbocycles. The SMILES string of the molecule is COCc1ccc(CN2CCOc3ccc(C(O)Cc4ccccc4)cc3C2)o1. The fraction of sp³-hybridized carbons (Fsp3) is 0.333. The van der Waals surface area contributed by atoms with E-state index >= 15 is 0 Å². The Morgan fingerprint density at radius 1 is 1.07 bits per heavy atom. The highest BCUT2D eigenvalue weighted by Gasteiger charge is 2.19. The molecule has 29 heavy (non-hydrogen) atoms. The Morgan fingerprint density at radius 2 is 1.90 bits per heavy atom. The molecule has 1 unspecified atom stereocenters. The molecule has 1 aromatic heterocycles. The molecule has 2 aromatic carbocycles. The molecule has 0 radical (unpaired) electrons. The molecule has 1 aliphatic heterocycles. The van der Waals surface area contributed by atoms with Gasteiger partial charge in [-0.05, 0) is 35.4 Å². The van der Waals surface area contributed by atoms with E-state index in [9.17, 15) is 5.11 Å². The zero-order valence-electron chi connectivity index (χ0n) is 16.7. The molecule has 0 bridgehead atoms. The minimum atomic E-state index is -0.541. The topological polar surface area (TPSA) is 55.1 Å². The van der Waals surface area contributed by atoms with Crippen LogP contribution in [0.3, 0.4) is 0 Å². The minimum absolute atomic E-state index is 0.481. The van der Waals surface area contributed by atoms with E-state index in [0.717, 1.165) is 47.0 Å². The summed E-state index contributed by atoms with van der Waals surface area (Å²) in [5.41, 5.74) is 3.13. The molecule has 1 N–H and O–H groups in total. The van der Waals surface area contributed by atoms with E-state index in [4.69, 9.17) is 13.9 Å². The predicted molar refractivity (Wildman–Crippen MR) is 111 cm³/mol. The lowest BCUT2D eigenvalue weighted by Crippen LogP contribution is -2.25. The number of hydrogen-bond donors (Lipinski definition) is 1. The normalized spacial score (nSPS) is 15.4. The summed E-state index contributed by atoms with van der Waals surface area (Å²) < 4.78 is 16.9. The van der Waals surface area contributed by atoms with Crippen molar-refractivity contribution in [3.8, 4) is 5.75 Å². The van der Waals surface area contributed by atoms with Gasteiger partial charge in [-0.2, -0.15) is 0 Å². The van der Waals surface area contributed by atoms with Crippen molar-refractivity contribution in [2.45, 2.75) is 32.2 Å². The van der Waals surface area contributed by atoms with Gasteiger partial charge < -0.3 is 19.0 Å².